The van der Waals surface area contributed by atoms with Crippen LogP contribution in [0.5, 0.6) is 0 Å². The minimum absolute atomic E-state index is 0.175. The van der Waals surface area contributed by atoms with Gasteiger partial charge in [0.05, 0.1) is 11.4 Å². The molecule has 5 rings (SSSR count). The molecule has 1 heterocycles. The van der Waals surface area contributed by atoms with Crippen molar-refractivity contribution in [2.45, 2.75) is 38.5 Å². The molecule has 2 N–H and O–H groups in total. The molecular formula is C23H23N3O. The first-order chi connectivity index (χ1) is 13.3. The SMILES string of the molecule is O=C(Nc1ccc2c(c1)Cc1c(-c3ccccc3)n[nH]c1-2)C1CCCCC1. The third-order valence-electron chi connectivity index (χ3n) is 5.90. The lowest BCUT2D eigenvalue weighted by Crippen LogP contribution is -2.24. The average molecular weight is 357 g/mol. The zero-order valence-electron chi connectivity index (χ0n) is 15.3. The molecule has 2 aliphatic rings. The molecule has 0 radical (unpaired) electrons. The fourth-order valence-electron chi connectivity index (χ4n) is 4.46. The summed E-state index contributed by atoms with van der Waals surface area (Å²) in [5.41, 5.74) is 7.85. The van der Waals surface area contributed by atoms with Crippen LogP contribution >= 0.6 is 0 Å². The summed E-state index contributed by atoms with van der Waals surface area (Å²) >= 11 is 0. The van der Waals surface area contributed by atoms with Crippen molar-refractivity contribution < 1.29 is 4.79 Å². The average Bonchev–Trinajstić information content (AvgIpc) is 3.28. The Labute approximate surface area is 159 Å². The Hall–Kier alpha value is -2.88. The van der Waals surface area contributed by atoms with Gasteiger partial charge >= 0.3 is 0 Å². The van der Waals surface area contributed by atoms with Crippen molar-refractivity contribution in [2.24, 2.45) is 5.92 Å². The highest BCUT2D eigenvalue weighted by molar-refractivity contribution is 5.93. The maximum Gasteiger partial charge on any atom is 0.227 e. The van der Waals surface area contributed by atoms with Crippen LogP contribution in [0.15, 0.2) is 48.5 Å². The van der Waals surface area contributed by atoms with E-state index >= 15 is 0 Å². The van der Waals surface area contributed by atoms with Crippen LogP contribution < -0.4 is 5.32 Å². The Balaban J connectivity index is 1.39. The lowest BCUT2D eigenvalue weighted by Gasteiger charge is -2.20. The number of carbonyl (C=O) groups is 1. The number of hydrogen-bond acceptors (Lipinski definition) is 2. The summed E-state index contributed by atoms with van der Waals surface area (Å²) in [6.07, 6.45) is 6.50. The number of carbonyl (C=O) groups excluding carboxylic acids is 1. The fourth-order valence-corrected chi connectivity index (χ4v) is 4.46. The van der Waals surface area contributed by atoms with Gasteiger partial charge in [-0.3, -0.25) is 9.89 Å². The lowest BCUT2D eigenvalue weighted by atomic mass is 9.88. The molecule has 4 heteroatoms. The molecule has 1 amide bonds. The topological polar surface area (TPSA) is 57.8 Å². The zero-order chi connectivity index (χ0) is 18.2. The molecule has 136 valence electrons. The molecule has 0 bridgehead atoms. The van der Waals surface area contributed by atoms with Gasteiger partial charge in [-0.25, -0.2) is 0 Å². The van der Waals surface area contributed by atoms with Crippen LogP contribution in [-0.4, -0.2) is 16.1 Å². The van der Waals surface area contributed by atoms with E-state index in [0.717, 1.165) is 41.9 Å². The second-order valence-electron chi connectivity index (χ2n) is 7.66. The van der Waals surface area contributed by atoms with Gasteiger partial charge in [0.1, 0.15) is 0 Å². The van der Waals surface area contributed by atoms with E-state index in [4.69, 9.17) is 0 Å². The molecule has 3 aromatic rings. The third-order valence-corrected chi connectivity index (χ3v) is 5.90. The van der Waals surface area contributed by atoms with E-state index in [9.17, 15) is 4.79 Å². The first-order valence-electron chi connectivity index (χ1n) is 9.86. The molecule has 1 saturated carbocycles. The summed E-state index contributed by atoms with van der Waals surface area (Å²) in [7, 11) is 0. The van der Waals surface area contributed by atoms with Crippen molar-refractivity contribution in [1.29, 1.82) is 0 Å². The Morgan fingerprint density at radius 2 is 1.85 bits per heavy atom. The van der Waals surface area contributed by atoms with E-state index in [0.29, 0.717) is 0 Å². The summed E-state index contributed by atoms with van der Waals surface area (Å²) in [5, 5.41) is 10.9. The van der Waals surface area contributed by atoms with E-state index in [1.54, 1.807) is 0 Å². The van der Waals surface area contributed by atoms with Gasteiger partial charge in [0.2, 0.25) is 5.91 Å². The predicted molar refractivity (Wildman–Crippen MR) is 107 cm³/mol. The highest BCUT2D eigenvalue weighted by atomic mass is 16.1. The molecule has 27 heavy (non-hydrogen) atoms. The summed E-state index contributed by atoms with van der Waals surface area (Å²) < 4.78 is 0. The normalized spacial score (nSPS) is 16.0. The summed E-state index contributed by atoms with van der Waals surface area (Å²) in [6.45, 7) is 0. The fraction of sp³-hybridized carbons (Fsp3) is 0.304. The van der Waals surface area contributed by atoms with Gasteiger partial charge in [-0.1, -0.05) is 55.7 Å². The van der Waals surface area contributed by atoms with Gasteiger partial charge in [-0.05, 0) is 30.5 Å². The molecular weight excluding hydrogens is 334 g/mol. The van der Waals surface area contributed by atoms with Crippen LogP contribution in [0, 0.1) is 5.92 Å². The van der Waals surface area contributed by atoms with Gasteiger partial charge in [-0.15, -0.1) is 0 Å². The maximum atomic E-state index is 12.5. The minimum Gasteiger partial charge on any atom is -0.326 e. The third kappa shape index (κ3) is 2.95. The summed E-state index contributed by atoms with van der Waals surface area (Å²) in [4.78, 5) is 12.5. The molecule has 0 aliphatic heterocycles. The number of benzene rings is 2. The van der Waals surface area contributed by atoms with Crippen LogP contribution in [-0.2, 0) is 11.2 Å². The summed E-state index contributed by atoms with van der Waals surface area (Å²) in [6, 6.07) is 16.5. The van der Waals surface area contributed by atoms with Gasteiger partial charge in [0.15, 0.2) is 0 Å². The minimum atomic E-state index is 0.175. The monoisotopic (exact) mass is 357 g/mol. The molecule has 0 saturated heterocycles. The number of aromatic amines is 1. The number of H-pyrrole nitrogens is 1. The highest BCUT2D eigenvalue weighted by Gasteiger charge is 2.26. The number of fused-ring (bicyclic) bond motifs is 3. The van der Waals surface area contributed by atoms with E-state index in [1.807, 2.05) is 24.3 Å². The van der Waals surface area contributed by atoms with Crippen molar-refractivity contribution in [3.8, 4) is 22.5 Å². The number of hydrogen-bond donors (Lipinski definition) is 2. The van der Waals surface area contributed by atoms with Crippen molar-refractivity contribution in [2.75, 3.05) is 5.32 Å². The lowest BCUT2D eigenvalue weighted by molar-refractivity contribution is -0.120. The van der Waals surface area contributed by atoms with Crippen molar-refractivity contribution in [3.05, 3.63) is 59.7 Å². The molecule has 0 unspecified atom stereocenters. The Bertz CT molecular complexity index is 984. The molecule has 1 aromatic heterocycles. The smallest absolute Gasteiger partial charge is 0.227 e. The second kappa shape index (κ2) is 6.69. The van der Waals surface area contributed by atoms with Crippen LogP contribution in [0.25, 0.3) is 22.5 Å². The first-order valence-corrected chi connectivity index (χ1v) is 9.86. The predicted octanol–water partition coefficient (Wildman–Crippen LogP) is 5.17. The number of nitrogens with one attached hydrogen (secondary N) is 2. The van der Waals surface area contributed by atoms with E-state index < -0.39 is 0 Å². The molecule has 2 aromatic carbocycles. The number of nitrogens with zero attached hydrogens (tertiary/aromatic N) is 1. The van der Waals surface area contributed by atoms with Crippen LogP contribution in [0.3, 0.4) is 0 Å². The van der Waals surface area contributed by atoms with Crippen LogP contribution in [0.4, 0.5) is 5.69 Å². The summed E-state index contributed by atoms with van der Waals surface area (Å²) in [5.74, 6) is 0.353. The van der Waals surface area contributed by atoms with Gasteiger partial charge in [-0.2, -0.15) is 5.10 Å². The molecule has 0 atom stereocenters. The Morgan fingerprint density at radius 3 is 2.67 bits per heavy atom. The second-order valence-corrected chi connectivity index (χ2v) is 7.66. The Kier molecular flexibility index (Phi) is 4.04. The van der Waals surface area contributed by atoms with E-state index in [-0.39, 0.29) is 11.8 Å². The number of aromatic nitrogens is 2. The molecule has 0 spiro atoms. The molecule has 2 aliphatic carbocycles. The first kappa shape index (κ1) is 16.3. The van der Waals surface area contributed by atoms with Gasteiger partial charge in [0.25, 0.3) is 0 Å². The largest absolute Gasteiger partial charge is 0.326 e. The number of anilines is 1. The number of amides is 1. The van der Waals surface area contributed by atoms with Crippen LogP contribution in [0.2, 0.25) is 0 Å². The van der Waals surface area contributed by atoms with Crippen molar-refractivity contribution >= 4 is 11.6 Å². The zero-order valence-corrected chi connectivity index (χ0v) is 15.3. The molecule has 1 fully saturated rings. The Morgan fingerprint density at radius 1 is 1.04 bits per heavy atom. The van der Waals surface area contributed by atoms with Gasteiger partial charge in [0, 0.05) is 34.7 Å². The molecule has 4 nitrogen and oxygen atoms in total. The quantitative estimate of drug-likeness (QED) is 0.532. The van der Waals surface area contributed by atoms with Crippen molar-refractivity contribution in [1.82, 2.24) is 10.2 Å². The highest BCUT2D eigenvalue weighted by Crippen LogP contribution is 2.41. The van der Waals surface area contributed by atoms with Gasteiger partial charge < -0.3 is 5.32 Å². The number of rotatable bonds is 3. The maximum absolute atomic E-state index is 12.5. The standard InChI is InChI=1S/C23H23N3O/c27-23(16-9-5-2-6-10-16)24-18-11-12-19-17(13-18)14-20-21(25-26-22(19)20)15-7-3-1-4-8-15/h1,3-4,7-8,11-13,16H,2,5-6,9-10,14H2,(H,24,27)(H,25,26). The van der Waals surface area contributed by atoms with Crippen LogP contribution in [0.1, 0.15) is 43.2 Å². The van der Waals surface area contributed by atoms with E-state index in [1.165, 1.54) is 36.0 Å². The van der Waals surface area contributed by atoms with E-state index in [2.05, 4.69) is 39.8 Å². The van der Waals surface area contributed by atoms with Crippen molar-refractivity contribution in [3.63, 3.8) is 0 Å².